The van der Waals surface area contributed by atoms with E-state index in [1.165, 1.54) is 0 Å². The minimum atomic E-state index is -0.592. The van der Waals surface area contributed by atoms with Gasteiger partial charge in [-0.3, -0.25) is 0 Å². The maximum Gasteiger partial charge on any atom is 0.407 e. The van der Waals surface area contributed by atoms with E-state index in [1.54, 1.807) is 11.8 Å². The first-order chi connectivity index (χ1) is 20.7. The van der Waals surface area contributed by atoms with Gasteiger partial charge >= 0.3 is 6.09 Å². The van der Waals surface area contributed by atoms with E-state index < -0.39 is 11.6 Å². The molecule has 1 atom stereocenters. The number of nitrogens with one attached hydrogen (secondary N) is 1. The Morgan fingerprint density at radius 2 is 1.36 bits per heavy atom. The van der Waals surface area contributed by atoms with Crippen molar-refractivity contribution in [2.45, 2.75) is 30.4 Å². The highest BCUT2D eigenvalue weighted by atomic mass is 32.2. The summed E-state index contributed by atoms with van der Waals surface area (Å²) in [6.07, 6.45) is 4.14. The average molecular weight is 578 g/mol. The molecule has 0 aliphatic heterocycles. The Labute approximate surface area is 251 Å². The molecular formula is C35H35N3O3S. The van der Waals surface area contributed by atoms with Gasteiger partial charge in [0.2, 0.25) is 0 Å². The summed E-state index contributed by atoms with van der Waals surface area (Å²) >= 11 is 1.72. The van der Waals surface area contributed by atoms with Crippen molar-refractivity contribution >= 4 is 17.9 Å². The van der Waals surface area contributed by atoms with Crippen molar-refractivity contribution in [2.24, 2.45) is 0 Å². The Hall–Kier alpha value is -4.33. The molecule has 6 nitrogen and oxygen atoms in total. The van der Waals surface area contributed by atoms with E-state index in [1.807, 2.05) is 54.9 Å². The second kappa shape index (κ2) is 14.5. The molecule has 0 radical (unpaired) electrons. The van der Waals surface area contributed by atoms with Gasteiger partial charge in [0.25, 0.3) is 0 Å². The minimum absolute atomic E-state index is 0.149. The van der Waals surface area contributed by atoms with Gasteiger partial charge in [-0.1, -0.05) is 121 Å². The summed E-state index contributed by atoms with van der Waals surface area (Å²) in [7, 11) is 0. The predicted molar refractivity (Wildman–Crippen MR) is 168 cm³/mol. The van der Waals surface area contributed by atoms with Gasteiger partial charge < -0.3 is 19.7 Å². The molecular weight excluding hydrogens is 542 g/mol. The van der Waals surface area contributed by atoms with Crippen molar-refractivity contribution in [3.8, 4) is 0 Å². The van der Waals surface area contributed by atoms with E-state index >= 15 is 0 Å². The van der Waals surface area contributed by atoms with Crippen molar-refractivity contribution in [1.82, 2.24) is 14.9 Å². The number of aliphatic hydroxyl groups excluding tert-OH is 1. The lowest BCUT2D eigenvalue weighted by atomic mass is 9.77. The molecule has 0 saturated carbocycles. The lowest BCUT2D eigenvalue weighted by molar-refractivity contribution is 0.129. The molecule has 0 aliphatic rings. The van der Waals surface area contributed by atoms with Crippen LogP contribution in [-0.4, -0.2) is 39.2 Å². The molecule has 0 bridgehead atoms. The molecule has 0 aliphatic carbocycles. The van der Waals surface area contributed by atoms with Gasteiger partial charge in [-0.25, -0.2) is 9.78 Å². The van der Waals surface area contributed by atoms with Crippen LogP contribution in [0.3, 0.4) is 0 Å². The highest BCUT2D eigenvalue weighted by Crippen LogP contribution is 2.40. The van der Waals surface area contributed by atoms with Crippen LogP contribution < -0.4 is 5.32 Å². The summed E-state index contributed by atoms with van der Waals surface area (Å²) in [6.45, 7) is 0.0437. The van der Waals surface area contributed by atoms with Gasteiger partial charge in [-0.05, 0) is 34.4 Å². The molecule has 7 heteroatoms. The Morgan fingerprint density at radius 3 is 1.88 bits per heavy atom. The van der Waals surface area contributed by atoms with Crippen LogP contribution in [0.25, 0.3) is 0 Å². The maximum absolute atomic E-state index is 12.2. The first-order valence-electron chi connectivity index (χ1n) is 14.1. The minimum Gasteiger partial charge on any atom is -0.445 e. The first kappa shape index (κ1) is 29.2. The van der Waals surface area contributed by atoms with Crippen molar-refractivity contribution in [3.05, 3.63) is 162 Å². The number of nitrogens with zero attached hydrogens (tertiary/aromatic N) is 2. The molecule has 4 aromatic carbocycles. The van der Waals surface area contributed by atoms with E-state index in [0.717, 1.165) is 33.7 Å². The summed E-state index contributed by atoms with van der Waals surface area (Å²) in [5.41, 5.74) is 4.73. The Kier molecular flexibility index (Phi) is 10.1. The van der Waals surface area contributed by atoms with E-state index in [2.05, 4.69) is 88.9 Å². The third-order valence-corrected chi connectivity index (χ3v) is 8.24. The van der Waals surface area contributed by atoms with Crippen molar-refractivity contribution < 1.29 is 14.6 Å². The monoisotopic (exact) mass is 577 g/mol. The number of hydrogen-bond acceptors (Lipinski definition) is 5. The first-order valence-corrected chi connectivity index (χ1v) is 15.2. The summed E-state index contributed by atoms with van der Waals surface area (Å²) in [4.78, 5) is 17.0. The van der Waals surface area contributed by atoms with Gasteiger partial charge in [0.05, 0.1) is 24.7 Å². The number of aliphatic hydroxyl groups is 1. The largest absolute Gasteiger partial charge is 0.445 e. The molecule has 0 saturated heterocycles. The zero-order chi connectivity index (χ0) is 29.0. The number of benzene rings is 4. The smallest absolute Gasteiger partial charge is 0.407 e. The van der Waals surface area contributed by atoms with E-state index in [-0.39, 0.29) is 19.3 Å². The zero-order valence-electron chi connectivity index (χ0n) is 23.4. The van der Waals surface area contributed by atoms with Crippen LogP contribution >= 0.6 is 11.8 Å². The Balaban J connectivity index is 1.26. The number of carbonyl (C=O) groups is 1. The molecule has 5 aromatic rings. The highest BCUT2D eigenvalue weighted by molar-refractivity contribution is 7.98. The molecule has 1 amide bonds. The summed E-state index contributed by atoms with van der Waals surface area (Å²) in [5, 5.41) is 12.6. The third kappa shape index (κ3) is 6.93. The molecule has 1 aromatic heterocycles. The second-order valence-corrected chi connectivity index (χ2v) is 11.1. The van der Waals surface area contributed by atoms with Crippen LogP contribution in [0.5, 0.6) is 0 Å². The van der Waals surface area contributed by atoms with Crippen LogP contribution in [-0.2, 0) is 22.6 Å². The standard InChI is InChI=1S/C35H35N3O3S/c39-24-32(37-34(40)41-25-28-13-5-1-6-14-28)21-22-42-26-33-23-38(27-36-33)35(29-15-7-2-8-16-29,30-17-9-3-10-18-30)31-19-11-4-12-20-31/h1-20,23,27,32,39H,21-22,24-26H2,(H,37,40)/t32-/m0/s1. The average Bonchev–Trinajstić information content (AvgIpc) is 3.53. The molecule has 0 spiro atoms. The molecule has 1 heterocycles. The fourth-order valence-electron chi connectivity index (χ4n) is 5.15. The molecule has 5 rings (SSSR count). The number of rotatable bonds is 13. The van der Waals surface area contributed by atoms with Crippen LogP contribution in [0.2, 0.25) is 0 Å². The van der Waals surface area contributed by atoms with Crippen LogP contribution in [0.4, 0.5) is 4.79 Å². The number of thioether (sulfide) groups is 1. The normalized spacial score (nSPS) is 12.0. The quantitative estimate of drug-likeness (QED) is 0.121. The molecule has 2 N–H and O–H groups in total. The number of ether oxygens (including phenoxy) is 1. The third-order valence-electron chi connectivity index (χ3n) is 7.21. The molecule has 214 valence electrons. The lowest BCUT2D eigenvalue weighted by Gasteiger charge is -2.37. The van der Waals surface area contributed by atoms with Gasteiger partial charge in [0.15, 0.2) is 0 Å². The molecule has 0 unspecified atom stereocenters. The number of aromatic nitrogens is 2. The fourth-order valence-corrected chi connectivity index (χ4v) is 6.10. The van der Waals surface area contributed by atoms with Gasteiger partial charge in [0, 0.05) is 11.9 Å². The van der Waals surface area contributed by atoms with Crippen molar-refractivity contribution in [1.29, 1.82) is 0 Å². The predicted octanol–water partition coefficient (Wildman–Crippen LogP) is 6.63. The number of carbonyl (C=O) groups excluding carboxylic acids is 1. The summed E-state index contributed by atoms with van der Waals surface area (Å²) in [5.74, 6) is 1.45. The Morgan fingerprint density at radius 1 is 0.833 bits per heavy atom. The highest BCUT2D eigenvalue weighted by Gasteiger charge is 2.38. The van der Waals surface area contributed by atoms with Crippen LogP contribution in [0.15, 0.2) is 134 Å². The Bertz CT molecular complexity index is 1420. The van der Waals surface area contributed by atoms with Gasteiger partial charge in [0.1, 0.15) is 12.1 Å². The van der Waals surface area contributed by atoms with Crippen molar-refractivity contribution in [3.63, 3.8) is 0 Å². The fraction of sp³-hybridized carbons (Fsp3) is 0.200. The maximum atomic E-state index is 12.2. The van der Waals surface area contributed by atoms with Crippen LogP contribution in [0.1, 0.15) is 34.4 Å². The SMILES string of the molecule is O=C(N[C@H](CO)CCSCc1cn(C(c2ccccc2)(c2ccccc2)c2ccccc2)cn1)OCc1ccccc1. The topological polar surface area (TPSA) is 76.4 Å². The second-order valence-electron chi connectivity index (χ2n) is 10.0. The van der Waals surface area contributed by atoms with E-state index in [9.17, 15) is 9.90 Å². The number of alkyl carbamates (subject to hydrolysis) is 1. The van der Waals surface area contributed by atoms with E-state index in [0.29, 0.717) is 12.2 Å². The number of imidazole rings is 1. The summed E-state index contributed by atoms with van der Waals surface area (Å²) in [6, 6.07) is 40.7. The summed E-state index contributed by atoms with van der Waals surface area (Å²) < 4.78 is 7.51. The molecule has 42 heavy (non-hydrogen) atoms. The van der Waals surface area contributed by atoms with Gasteiger partial charge in [-0.15, -0.1) is 0 Å². The van der Waals surface area contributed by atoms with Crippen LogP contribution in [0, 0.1) is 0 Å². The number of hydrogen-bond donors (Lipinski definition) is 2. The van der Waals surface area contributed by atoms with Crippen molar-refractivity contribution in [2.75, 3.05) is 12.4 Å². The van der Waals surface area contributed by atoms with Gasteiger partial charge in [-0.2, -0.15) is 11.8 Å². The molecule has 0 fully saturated rings. The lowest BCUT2D eigenvalue weighted by Crippen LogP contribution is -2.38. The zero-order valence-corrected chi connectivity index (χ0v) is 24.2. The van der Waals surface area contributed by atoms with E-state index in [4.69, 9.17) is 9.72 Å². The number of amides is 1.